The second-order valence-electron chi connectivity index (χ2n) is 6.30. The maximum absolute atomic E-state index is 12.4. The maximum atomic E-state index is 12.4. The number of hydrogen-bond acceptors (Lipinski definition) is 5. The number of carbonyl (C=O) groups excluding carboxylic acids is 1. The van der Waals surface area contributed by atoms with Crippen molar-refractivity contribution in [3.8, 4) is 0 Å². The molecule has 1 amide bonds. The number of aryl methyl sites for hydroxylation is 1. The Morgan fingerprint density at radius 1 is 1.52 bits per heavy atom. The van der Waals surface area contributed by atoms with Gasteiger partial charge in [0.05, 0.1) is 5.69 Å². The van der Waals surface area contributed by atoms with Gasteiger partial charge in [-0.2, -0.15) is 0 Å². The standard InChI is InChI=1S/C17H22N4O2/c1-13-8-16(23-19-13)17(22)21-7-5-15(12-21)11-20(2)10-14-4-3-6-18-9-14/h3-4,6,8-9,15H,5,7,10-12H2,1-2H3/t15-/m1/s1. The summed E-state index contributed by atoms with van der Waals surface area (Å²) in [4.78, 5) is 20.6. The van der Waals surface area contributed by atoms with Crippen LogP contribution in [0.1, 0.15) is 28.2 Å². The van der Waals surface area contributed by atoms with Crippen LogP contribution in [0.2, 0.25) is 0 Å². The number of rotatable bonds is 5. The Bertz CT molecular complexity index is 656. The van der Waals surface area contributed by atoms with Crippen molar-refractivity contribution in [3.05, 3.63) is 47.6 Å². The van der Waals surface area contributed by atoms with E-state index >= 15 is 0 Å². The third-order valence-electron chi connectivity index (χ3n) is 4.16. The van der Waals surface area contributed by atoms with Crippen LogP contribution in [-0.2, 0) is 6.54 Å². The highest BCUT2D eigenvalue weighted by Crippen LogP contribution is 2.20. The Morgan fingerprint density at radius 2 is 2.39 bits per heavy atom. The Labute approximate surface area is 136 Å². The summed E-state index contributed by atoms with van der Waals surface area (Å²) in [5.41, 5.74) is 1.94. The van der Waals surface area contributed by atoms with Gasteiger partial charge in [0, 0.05) is 44.6 Å². The Kier molecular flexibility index (Phi) is 4.71. The molecule has 0 saturated carbocycles. The van der Waals surface area contributed by atoms with Crippen molar-refractivity contribution in [1.82, 2.24) is 19.9 Å². The van der Waals surface area contributed by atoms with Crippen molar-refractivity contribution in [2.45, 2.75) is 19.9 Å². The molecule has 3 heterocycles. The van der Waals surface area contributed by atoms with Gasteiger partial charge in [-0.15, -0.1) is 0 Å². The fourth-order valence-corrected chi connectivity index (χ4v) is 3.10. The van der Waals surface area contributed by atoms with Crippen LogP contribution in [0.25, 0.3) is 0 Å². The van der Waals surface area contributed by atoms with E-state index < -0.39 is 0 Å². The summed E-state index contributed by atoms with van der Waals surface area (Å²) >= 11 is 0. The van der Waals surface area contributed by atoms with Gasteiger partial charge >= 0.3 is 0 Å². The van der Waals surface area contributed by atoms with E-state index in [-0.39, 0.29) is 5.91 Å². The van der Waals surface area contributed by atoms with Crippen molar-refractivity contribution in [3.63, 3.8) is 0 Å². The lowest BCUT2D eigenvalue weighted by atomic mass is 10.1. The molecule has 6 heteroatoms. The number of carbonyl (C=O) groups is 1. The highest BCUT2D eigenvalue weighted by atomic mass is 16.5. The van der Waals surface area contributed by atoms with Crippen molar-refractivity contribution in [1.29, 1.82) is 0 Å². The van der Waals surface area contributed by atoms with E-state index in [4.69, 9.17) is 4.52 Å². The molecule has 1 fully saturated rings. The average Bonchev–Trinajstić information content (AvgIpc) is 3.17. The second kappa shape index (κ2) is 6.91. The van der Waals surface area contributed by atoms with E-state index in [0.29, 0.717) is 11.7 Å². The number of nitrogens with zero attached hydrogens (tertiary/aromatic N) is 4. The largest absolute Gasteiger partial charge is 0.351 e. The molecule has 0 unspecified atom stereocenters. The SMILES string of the molecule is Cc1cc(C(=O)N2CC[C@H](CN(C)Cc3cccnc3)C2)on1. The van der Waals surface area contributed by atoms with Crippen LogP contribution in [0.3, 0.4) is 0 Å². The zero-order valence-corrected chi connectivity index (χ0v) is 13.6. The van der Waals surface area contributed by atoms with E-state index in [9.17, 15) is 4.79 Å². The fourth-order valence-electron chi connectivity index (χ4n) is 3.10. The molecule has 1 atom stereocenters. The molecular formula is C17H22N4O2. The Morgan fingerprint density at radius 3 is 3.09 bits per heavy atom. The summed E-state index contributed by atoms with van der Waals surface area (Å²) in [7, 11) is 2.11. The zero-order chi connectivity index (χ0) is 16.2. The molecule has 2 aromatic heterocycles. The minimum Gasteiger partial charge on any atom is -0.351 e. The van der Waals surface area contributed by atoms with Gasteiger partial charge in [-0.3, -0.25) is 9.78 Å². The van der Waals surface area contributed by atoms with E-state index in [0.717, 1.165) is 38.3 Å². The summed E-state index contributed by atoms with van der Waals surface area (Å²) in [6.45, 7) is 5.22. The minimum absolute atomic E-state index is 0.0528. The van der Waals surface area contributed by atoms with Crippen molar-refractivity contribution in [2.24, 2.45) is 5.92 Å². The van der Waals surface area contributed by atoms with E-state index in [1.807, 2.05) is 24.1 Å². The maximum Gasteiger partial charge on any atom is 0.292 e. The lowest BCUT2D eigenvalue weighted by Gasteiger charge is -2.21. The first-order valence-corrected chi connectivity index (χ1v) is 7.92. The van der Waals surface area contributed by atoms with Crippen LogP contribution in [0, 0.1) is 12.8 Å². The number of hydrogen-bond donors (Lipinski definition) is 0. The van der Waals surface area contributed by atoms with Crippen molar-refractivity contribution >= 4 is 5.91 Å². The third-order valence-corrected chi connectivity index (χ3v) is 4.16. The van der Waals surface area contributed by atoms with Gasteiger partial charge in [0.15, 0.2) is 0 Å². The molecule has 0 radical (unpaired) electrons. The normalized spacial score (nSPS) is 17.9. The topological polar surface area (TPSA) is 62.5 Å². The molecule has 0 N–H and O–H groups in total. The monoisotopic (exact) mass is 314 g/mol. The molecule has 1 saturated heterocycles. The molecule has 122 valence electrons. The first kappa shape index (κ1) is 15.7. The predicted octanol–water partition coefficient (Wildman–Crippen LogP) is 1.97. The molecule has 1 aliphatic heterocycles. The first-order chi connectivity index (χ1) is 11.1. The lowest BCUT2D eigenvalue weighted by molar-refractivity contribution is 0.0742. The fraction of sp³-hybridized carbons (Fsp3) is 0.471. The molecule has 0 aromatic carbocycles. The zero-order valence-electron chi connectivity index (χ0n) is 13.6. The highest BCUT2D eigenvalue weighted by molar-refractivity contribution is 5.91. The van der Waals surface area contributed by atoms with E-state index in [2.05, 4.69) is 28.2 Å². The van der Waals surface area contributed by atoms with Gasteiger partial charge in [0.2, 0.25) is 5.76 Å². The van der Waals surface area contributed by atoms with Gasteiger partial charge in [0.1, 0.15) is 0 Å². The smallest absolute Gasteiger partial charge is 0.292 e. The van der Waals surface area contributed by atoms with Crippen molar-refractivity contribution in [2.75, 3.05) is 26.7 Å². The molecule has 23 heavy (non-hydrogen) atoms. The molecule has 3 rings (SSSR count). The molecule has 0 spiro atoms. The first-order valence-electron chi connectivity index (χ1n) is 7.92. The Hall–Kier alpha value is -2.21. The van der Waals surface area contributed by atoms with Crippen LogP contribution in [0.4, 0.5) is 0 Å². The van der Waals surface area contributed by atoms with Gasteiger partial charge < -0.3 is 14.3 Å². The summed E-state index contributed by atoms with van der Waals surface area (Å²) in [6.07, 6.45) is 4.71. The lowest BCUT2D eigenvalue weighted by Crippen LogP contribution is -2.31. The van der Waals surface area contributed by atoms with Gasteiger partial charge in [-0.1, -0.05) is 11.2 Å². The summed E-state index contributed by atoms with van der Waals surface area (Å²) in [5, 5.41) is 3.79. The second-order valence-corrected chi connectivity index (χ2v) is 6.30. The molecule has 1 aliphatic rings. The molecular weight excluding hydrogens is 292 g/mol. The molecule has 0 bridgehead atoms. The number of pyridine rings is 1. The van der Waals surface area contributed by atoms with Gasteiger partial charge in [0.25, 0.3) is 5.91 Å². The van der Waals surface area contributed by atoms with Crippen LogP contribution < -0.4 is 0 Å². The summed E-state index contributed by atoms with van der Waals surface area (Å²) < 4.78 is 5.08. The van der Waals surface area contributed by atoms with Gasteiger partial charge in [-0.25, -0.2) is 0 Å². The quantitative estimate of drug-likeness (QED) is 0.844. The highest BCUT2D eigenvalue weighted by Gasteiger charge is 2.29. The average molecular weight is 314 g/mol. The van der Waals surface area contributed by atoms with E-state index in [1.165, 1.54) is 5.56 Å². The third kappa shape index (κ3) is 3.96. The van der Waals surface area contributed by atoms with Gasteiger partial charge in [-0.05, 0) is 37.9 Å². The predicted molar refractivity (Wildman–Crippen MR) is 85.8 cm³/mol. The molecule has 0 aliphatic carbocycles. The number of amides is 1. The van der Waals surface area contributed by atoms with Crippen LogP contribution >= 0.6 is 0 Å². The number of likely N-dealkylation sites (tertiary alicyclic amines) is 1. The van der Waals surface area contributed by atoms with Crippen molar-refractivity contribution < 1.29 is 9.32 Å². The van der Waals surface area contributed by atoms with Crippen LogP contribution in [-0.4, -0.2) is 52.5 Å². The summed E-state index contributed by atoms with van der Waals surface area (Å²) in [5.74, 6) is 0.777. The van der Waals surface area contributed by atoms with E-state index in [1.54, 1.807) is 12.3 Å². The minimum atomic E-state index is -0.0528. The van der Waals surface area contributed by atoms with Crippen LogP contribution in [0.15, 0.2) is 35.1 Å². The summed E-state index contributed by atoms with van der Waals surface area (Å²) in [6, 6.07) is 5.74. The molecule has 2 aromatic rings. The molecule has 6 nitrogen and oxygen atoms in total. The Balaban J connectivity index is 1.50. The number of aromatic nitrogens is 2. The van der Waals surface area contributed by atoms with Crippen LogP contribution in [0.5, 0.6) is 0 Å².